The van der Waals surface area contributed by atoms with Gasteiger partial charge in [0.15, 0.2) is 0 Å². The second-order valence-electron chi connectivity index (χ2n) is 6.01. The Kier molecular flexibility index (Phi) is 5.63. The zero-order valence-corrected chi connectivity index (χ0v) is 14.1. The van der Waals surface area contributed by atoms with Crippen molar-refractivity contribution < 1.29 is 13.5 Å². The Labute approximate surface area is 137 Å². The fraction of sp³-hybridized carbons (Fsp3) is 0.562. The summed E-state index contributed by atoms with van der Waals surface area (Å²) in [6.07, 6.45) is 4.04. The van der Waals surface area contributed by atoms with Crippen LogP contribution in [-0.2, 0) is 10.0 Å². The smallest absolute Gasteiger partial charge is 0.242 e. The second kappa shape index (κ2) is 7.30. The highest BCUT2D eigenvalue weighted by molar-refractivity contribution is 7.89. The van der Waals surface area contributed by atoms with Crippen LogP contribution in [0.2, 0.25) is 0 Å². The number of nitrogens with zero attached hydrogens (tertiary/aromatic N) is 1. The van der Waals surface area contributed by atoms with Crippen molar-refractivity contribution in [1.29, 1.82) is 5.26 Å². The number of nitrogens with one attached hydrogen (secondary N) is 2. The van der Waals surface area contributed by atoms with E-state index in [2.05, 4.69) is 10.0 Å². The molecule has 2 rings (SSSR count). The first kappa shape index (κ1) is 17.7. The molecule has 7 heteroatoms. The molecule has 0 amide bonds. The molecule has 0 atom stereocenters. The van der Waals surface area contributed by atoms with Crippen LogP contribution in [0.15, 0.2) is 23.1 Å². The molecule has 1 aliphatic carbocycles. The van der Waals surface area contributed by atoms with Gasteiger partial charge in [0.1, 0.15) is 4.90 Å². The van der Waals surface area contributed by atoms with Crippen LogP contribution < -0.4 is 10.0 Å². The maximum absolute atomic E-state index is 12.5. The predicted octanol–water partition coefficient (Wildman–Crippen LogP) is 1.96. The summed E-state index contributed by atoms with van der Waals surface area (Å²) in [4.78, 5) is 0.107. The third-order valence-electron chi connectivity index (χ3n) is 4.12. The lowest BCUT2D eigenvalue weighted by Gasteiger charge is -2.36. The zero-order chi connectivity index (χ0) is 16.9. The van der Waals surface area contributed by atoms with Gasteiger partial charge >= 0.3 is 0 Å². The van der Waals surface area contributed by atoms with E-state index >= 15 is 0 Å². The van der Waals surface area contributed by atoms with Crippen molar-refractivity contribution in [3.8, 4) is 6.07 Å². The average Bonchev–Trinajstić information content (AvgIpc) is 2.51. The standard InChI is InChI=1S/C16H23N3O3S/c1-2-3-9-18-14-10-13(11-17)5-6-15(14)23(21,22)19-12-16(20)7-4-8-16/h5-6,10,18-20H,2-4,7-9,12H2,1H3. The Morgan fingerprint density at radius 3 is 2.70 bits per heavy atom. The molecule has 0 aromatic heterocycles. The molecule has 1 aromatic carbocycles. The first-order valence-corrected chi connectivity index (χ1v) is 9.38. The van der Waals surface area contributed by atoms with Crippen LogP contribution in [0.5, 0.6) is 0 Å². The number of aliphatic hydroxyl groups is 1. The molecular formula is C16H23N3O3S. The van der Waals surface area contributed by atoms with Gasteiger partial charge in [0.2, 0.25) is 10.0 Å². The molecule has 0 heterocycles. The molecule has 3 N–H and O–H groups in total. The Morgan fingerprint density at radius 1 is 1.39 bits per heavy atom. The van der Waals surface area contributed by atoms with E-state index in [1.54, 1.807) is 6.07 Å². The maximum Gasteiger partial charge on any atom is 0.242 e. The van der Waals surface area contributed by atoms with E-state index in [1.165, 1.54) is 12.1 Å². The van der Waals surface area contributed by atoms with Gasteiger partial charge < -0.3 is 10.4 Å². The van der Waals surface area contributed by atoms with Crippen LogP contribution in [-0.4, -0.2) is 32.2 Å². The third-order valence-corrected chi connectivity index (χ3v) is 5.58. The number of hydrogen-bond donors (Lipinski definition) is 3. The highest BCUT2D eigenvalue weighted by atomic mass is 32.2. The number of rotatable bonds is 8. The van der Waals surface area contributed by atoms with Gasteiger partial charge in [-0.05, 0) is 43.9 Å². The predicted molar refractivity (Wildman–Crippen MR) is 88.5 cm³/mol. The topological polar surface area (TPSA) is 102 Å². The van der Waals surface area contributed by atoms with Gasteiger partial charge in [0.05, 0.1) is 22.9 Å². The Balaban J connectivity index is 2.19. The fourth-order valence-corrected chi connectivity index (χ4v) is 3.72. The second-order valence-corrected chi connectivity index (χ2v) is 7.74. The minimum Gasteiger partial charge on any atom is -0.389 e. The number of unbranched alkanes of at least 4 members (excludes halogenated alkanes) is 1. The molecule has 1 fully saturated rings. The van der Waals surface area contributed by atoms with Crippen molar-refractivity contribution in [2.24, 2.45) is 0 Å². The lowest BCUT2D eigenvalue weighted by atomic mass is 9.81. The third kappa shape index (κ3) is 4.44. The van der Waals surface area contributed by atoms with Gasteiger partial charge in [0, 0.05) is 13.1 Å². The maximum atomic E-state index is 12.5. The molecule has 6 nitrogen and oxygen atoms in total. The Bertz CT molecular complexity index is 691. The molecule has 0 unspecified atom stereocenters. The summed E-state index contributed by atoms with van der Waals surface area (Å²) in [7, 11) is -3.74. The van der Waals surface area contributed by atoms with Gasteiger partial charge in [0.25, 0.3) is 0 Å². The molecule has 1 saturated carbocycles. The van der Waals surface area contributed by atoms with Crippen LogP contribution in [0, 0.1) is 11.3 Å². The van der Waals surface area contributed by atoms with Crippen LogP contribution in [0.25, 0.3) is 0 Å². The molecule has 0 saturated heterocycles. The molecular weight excluding hydrogens is 314 g/mol. The molecule has 0 radical (unpaired) electrons. The van der Waals surface area contributed by atoms with E-state index in [-0.39, 0.29) is 11.4 Å². The number of nitriles is 1. The zero-order valence-electron chi connectivity index (χ0n) is 13.3. The molecule has 23 heavy (non-hydrogen) atoms. The highest BCUT2D eigenvalue weighted by Crippen LogP contribution is 2.31. The van der Waals surface area contributed by atoms with E-state index < -0.39 is 15.6 Å². The van der Waals surface area contributed by atoms with E-state index in [0.717, 1.165) is 19.3 Å². The first-order chi connectivity index (χ1) is 10.9. The van der Waals surface area contributed by atoms with Crippen LogP contribution in [0.3, 0.4) is 0 Å². The minimum atomic E-state index is -3.74. The number of hydrogen-bond acceptors (Lipinski definition) is 5. The van der Waals surface area contributed by atoms with Crippen molar-refractivity contribution >= 4 is 15.7 Å². The summed E-state index contributed by atoms with van der Waals surface area (Å²) in [5, 5.41) is 22.1. The average molecular weight is 337 g/mol. The molecule has 0 spiro atoms. The number of anilines is 1. The van der Waals surface area contributed by atoms with Crippen LogP contribution in [0.4, 0.5) is 5.69 Å². The van der Waals surface area contributed by atoms with Crippen molar-refractivity contribution in [3.63, 3.8) is 0 Å². The van der Waals surface area contributed by atoms with E-state index in [9.17, 15) is 13.5 Å². The van der Waals surface area contributed by atoms with E-state index in [0.29, 0.717) is 30.6 Å². The van der Waals surface area contributed by atoms with Crippen LogP contribution in [0.1, 0.15) is 44.6 Å². The monoisotopic (exact) mass is 337 g/mol. The molecule has 0 aliphatic heterocycles. The van der Waals surface area contributed by atoms with Gasteiger partial charge in [-0.3, -0.25) is 0 Å². The Morgan fingerprint density at radius 2 is 2.13 bits per heavy atom. The SMILES string of the molecule is CCCCNc1cc(C#N)ccc1S(=O)(=O)NCC1(O)CCC1. The summed E-state index contributed by atoms with van der Waals surface area (Å²) in [5.74, 6) is 0. The van der Waals surface area contributed by atoms with Crippen molar-refractivity contribution in [3.05, 3.63) is 23.8 Å². The van der Waals surface area contributed by atoms with Gasteiger partial charge in [-0.2, -0.15) is 5.26 Å². The molecule has 0 bridgehead atoms. The Hall–Kier alpha value is -1.62. The molecule has 126 valence electrons. The molecule has 1 aliphatic rings. The lowest BCUT2D eigenvalue weighted by molar-refractivity contribution is -0.0270. The quantitative estimate of drug-likeness (QED) is 0.629. The van der Waals surface area contributed by atoms with E-state index in [4.69, 9.17) is 5.26 Å². The first-order valence-electron chi connectivity index (χ1n) is 7.90. The minimum absolute atomic E-state index is 0.0176. The number of sulfonamides is 1. The van der Waals surface area contributed by atoms with Crippen LogP contribution >= 0.6 is 0 Å². The van der Waals surface area contributed by atoms with Gasteiger partial charge in [-0.15, -0.1) is 0 Å². The van der Waals surface area contributed by atoms with Gasteiger partial charge in [-0.1, -0.05) is 13.3 Å². The normalized spacial score (nSPS) is 16.4. The summed E-state index contributed by atoms with van der Waals surface area (Å²) < 4.78 is 27.5. The summed E-state index contributed by atoms with van der Waals surface area (Å²) in [6, 6.07) is 6.47. The van der Waals surface area contributed by atoms with Crippen molar-refractivity contribution in [2.45, 2.75) is 49.5 Å². The summed E-state index contributed by atoms with van der Waals surface area (Å²) >= 11 is 0. The largest absolute Gasteiger partial charge is 0.389 e. The molecule has 1 aromatic rings. The summed E-state index contributed by atoms with van der Waals surface area (Å²) in [6.45, 7) is 2.70. The fourth-order valence-electron chi connectivity index (χ4n) is 2.44. The van der Waals surface area contributed by atoms with E-state index in [1.807, 2.05) is 13.0 Å². The summed E-state index contributed by atoms with van der Waals surface area (Å²) in [5.41, 5.74) is -0.0960. The van der Waals surface area contributed by atoms with Gasteiger partial charge in [-0.25, -0.2) is 13.1 Å². The number of benzene rings is 1. The lowest BCUT2D eigenvalue weighted by Crippen LogP contribution is -2.47. The van der Waals surface area contributed by atoms with Crippen molar-refractivity contribution in [1.82, 2.24) is 4.72 Å². The van der Waals surface area contributed by atoms with Crippen molar-refractivity contribution in [2.75, 3.05) is 18.4 Å². The highest BCUT2D eigenvalue weighted by Gasteiger charge is 2.35.